The number of rotatable bonds is 61. The van der Waals surface area contributed by atoms with Gasteiger partial charge in [0.05, 0.1) is 27.7 Å². The summed E-state index contributed by atoms with van der Waals surface area (Å²) in [5.74, 6) is -0.849. The number of ether oxygens (including phenoxy) is 2. The van der Waals surface area contributed by atoms with Crippen LogP contribution >= 0.6 is 7.82 Å². The van der Waals surface area contributed by atoms with Crippen molar-refractivity contribution >= 4 is 19.8 Å². The van der Waals surface area contributed by atoms with Crippen LogP contribution in [-0.4, -0.2) is 70.0 Å². The molecule has 0 radical (unpaired) electrons. The van der Waals surface area contributed by atoms with Crippen LogP contribution in [-0.2, 0) is 32.7 Å². The lowest BCUT2D eigenvalue weighted by Gasteiger charge is -2.28. The Labute approximate surface area is 528 Å². The first-order valence-corrected chi connectivity index (χ1v) is 35.7. The summed E-state index contributed by atoms with van der Waals surface area (Å²) < 4.78 is 34.3. The number of likely N-dealkylation sites (N-methyl/N-ethyl adjacent to an activating group) is 1. The average Bonchev–Trinajstić information content (AvgIpc) is 3.67. The van der Waals surface area contributed by atoms with Crippen molar-refractivity contribution in [3.05, 3.63) is 158 Å². The van der Waals surface area contributed by atoms with Gasteiger partial charge in [-0.05, 0) is 122 Å². The molecule has 0 aromatic rings. The molecule has 0 spiro atoms. The first-order chi connectivity index (χ1) is 42.0. The highest BCUT2D eigenvalue weighted by Gasteiger charge is 2.22. The zero-order chi connectivity index (χ0) is 62.6. The van der Waals surface area contributed by atoms with Gasteiger partial charge >= 0.3 is 11.9 Å². The van der Waals surface area contributed by atoms with E-state index >= 15 is 0 Å². The second-order valence-electron chi connectivity index (χ2n) is 23.4. The van der Waals surface area contributed by atoms with Crippen molar-refractivity contribution in [1.29, 1.82) is 0 Å². The number of carbonyl (C=O) groups is 2. The van der Waals surface area contributed by atoms with Gasteiger partial charge in [-0.1, -0.05) is 281 Å². The molecule has 0 rings (SSSR count). The Balaban J connectivity index is 4.12. The molecular formula is C76H126NO8P. The number of allylic oxidation sites excluding steroid dienone is 26. The van der Waals surface area contributed by atoms with Crippen molar-refractivity contribution in [2.45, 2.75) is 264 Å². The molecule has 0 saturated heterocycles. The third kappa shape index (κ3) is 68.7. The quantitative estimate of drug-likeness (QED) is 0.0195. The summed E-state index contributed by atoms with van der Waals surface area (Å²) in [5.41, 5.74) is 0. The largest absolute Gasteiger partial charge is 0.756 e. The zero-order valence-electron chi connectivity index (χ0n) is 55.4. The molecule has 0 heterocycles. The number of unbranched alkanes of at least 4 members (excludes halogenated alkanes) is 21. The topological polar surface area (TPSA) is 111 Å². The Morgan fingerprint density at radius 3 is 0.930 bits per heavy atom. The Morgan fingerprint density at radius 1 is 0.360 bits per heavy atom. The standard InChI is InChI=1S/C76H126NO8P/c1-6-8-10-12-14-16-18-20-22-24-26-28-30-32-33-34-35-36-37-38-39-40-41-42-43-45-47-49-51-53-55-57-59-61-63-65-67-69-76(79)85-74(73-84-86(80,81)83-71-70-77(3,4)5)72-82-75(78)68-66-64-62-60-58-56-54-52-50-48-46-44-31-29-27-25-23-21-19-17-15-13-11-9-7-2/h8-11,14-17,20-23,26-29,32-33,35-36,38-39,41-42,44,46,74H,6-7,12-13,18-19,24-25,30-31,34,37,40,43,45,47-73H2,1-5H3/b10-8-,11-9-,16-14-,17-15-,22-20-,23-21-,28-26-,29-27-,33-32-,36-35-,39-38-,42-41-,46-44-. The highest BCUT2D eigenvalue weighted by molar-refractivity contribution is 7.45. The maximum absolute atomic E-state index is 12.9. The van der Waals surface area contributed by atoms with Crippen molar-refractivity contribution in [2.75, 3.05) is 47.5 Å². The molecule has 0 aliphatic carbocycles. The van der Waals surface area contributed by atoms with Gasteiger partial charge in [-0.15, -0.1) is 0 Å². The molecule has 0 aliphatic rings. The molecule has 0 aromatic carbocycles. The maximum atomic E-state index is 12.9. The average molecular weight is 1210 g/mol. The molecule has 2 unspecified atom stereocenters. The minimum absolute atomic E-state index is 0.0397. The van der Waals surface area contributed by atoms with Crippen molar-refractivity contribution in [3.63, 3.8) is 0 Å². The van der Waals surface area contributed by atoms with Crippen LogP contribution in [0.4, 0.5) is 0 Å². The lowest BCUT2D eigenvalue weighted by Crippen LogP contribution is -2.37. The van der Waals surface area contributed by atoms with E-state index in [1.807, 2.05) is 21.1 Å². The Hall–Kier alpha value is -4.37. The van der Waals surface area contributed by atoms with Crippen LogP contribution in [0.5, 0.6) is 0 Å². The summed E-state index contributed by atoms with van der Waals surface area (Å²) in [4.78, 5) is 38.1. The van der Waals surface area contributed by atoms with E-state index in [-0.39, 0.29) is 26.1 Å². The fraction of sp³-hybridized carbons (Fsp3) is 0.632. The van der Waals surface area contributed by atoms with Crippen molar-refractivity contribution < 1.29 is 42.1 Å². The number of hydrogen-bond donors (Lipinski definition) is 0. The Morgan fingerprint density at radius 2 is 0.628 bits per heavy atom. The van der Waals surface area contributed by atoms with Crippen molar-refractivity contribution in [2.24, 2.45) is 0 Å². The molecular weight excluding hydrogens is 1090 g/mol. The number of hydrogen-bond acceptors (Lipinski definition) is 8. The highest BCUT2D eigenvalue weighted by atomic mass is 31.2. The van der Waals surface area contributed by atoms with Crippen LogP contribution in [0.15, 0.2) is 158 Å². The molecule has 0 bridgehead atoms. The Kier molecular flexibility index (Phi) is 61.8. The minimum Gasteiger partial charge on any atom is -0.756 e. The van der Waals surface area contributed by atoms with Crippen molar-refractivity contribution in [1.82, 2.24) is 0 Å². The third-order valence-corrected chi connectivity index (χ3v) is 15.0. The summed E-state index contributed by atoms with van der Waals surface area (Å²) >= 11 is 0. The lowest BCUT2D eigenvalue weighted by atomic mass is 10.0. The molecule has 0 fully saturated rings. The van der Waals surface area contributed by atoms with E-state index in [0.717, 1.165) is 141 Å². The first-order valence-electron chi connectivity index (χ1n) is 34.2. The number of phosphoric acid groups is 1. The first kappa shape index (κ1) is 81.6. The second kappa shape index (κ2) is 65.1. The van der Waals surface area contributed by atoms with E-state index in [2.05, 4.69) is 172 Å². The molecule has 0 saturated carbocycles. The molecule has 10 heteroatoms. The van der Waals surface area contributed by atoms with Gasteiger partial charge in [-0.25, -0.2) is 0 Å². The highest BCUT2D eigenvalue weighted by Crippen LogP contribution is 2.38. The van der Waals surface area contributed by atoms with E-state index in [1.165, 1.54) is 83.5 Å². The van der Waals surface area contributed by atoms with Gasteiger partial charge in [0.25, 0.3) is 7.82 Å². The molecule has 488 valence electrons. The summed E-state index contributed by atoms with van der Waals surface area (Å²) in [7, 11) is 1.14. The molecule has 0 amide bonds. The van der Waals surface area contributed by atoms with E-state index in [4.69, 9.17) is 18.5 Å². The van der Waals surface area contributed by atoms with Crippen LogP contribution in [0, 0.1) is 0 Å². The third-order valence-electron chi connectivity index (χ3n) is 14.0. The number of quaternary nitrogens is 1. The summed E-state index contributed by atoms with van der Waals surface area (Å²) in [6.45, 7) is 4.00. The molecule has 0 aliphatic heterocycles. The van der Waals surface area contributed by atoms with Gasteiger partial charge in [-0.3, -0.25) is 14.2 Å². The predicted octanol–water partition coefficient (Wildman–Crippen LogP) is 21.7. The predicted molar refractivity (Wildman–Crippen MR) is 369 cm³/mol. The number of carbonyl (C=O) groups excluding carboxylic acids is 2. The van der Waals surface area contributed by atoms with E-state index in [0.29, 0.717) is 17.4 Å². The van der Waals surface area contributed by atoms with Gasteiger partial charge < -0.3 is 27.9 Å². The summed E-state index contributed by atoms with van der Waals surface area (Å²) in [5, 5.41) is 0. The summed E-state index contributed by atoms with van der Waals surface area (Å²) in [6, 6.07) is 0. The van der Waals surface area contributed by atoms with Crippen LogP contribution in [0.1, 0.15) is 258 Å². The van der Waals surface area contributed by atoms with Gasteiger partial charge in [0.2, 0.25) is 0 Å². The van der Waals surface area contributed by atoms with Crippen LogP contribution in [0.25, 0.3) is 0 Å². The van der Waals surface area contributed by atoms with E-state index < -0.39 is 32.5 Å². The smallest absolute Gasteiger partial charge is 0.306 e. The number of nitrogens with zero attached hydrogens (tertiary/aromatic N) is 1. The molecule has 9 nitrogen and oxygen atoms in total. The van der Waals surface area contributed by atoms with Gasteiger partial charge in [0.1, 0.15) is 19.8 Å². The van der Waals surface area contributed by atoms with Gasteiger partial charge in [0.15, 0.2) is 6.10 Å². The van der Waals surface area contributed by atoms with E-state index in [9.17, 15) is 19.0 Å². The fourth-order valence-corrected chi connectivity index (χ4v) is 9.60. The maximum Gasteiger partial charge on any atom is 0.306 e. The summed E-state index contributed by atoms with van der Waals surface area (Å²) in [6.07, 6.45) is 97.3. The molecule has 2 atom stereocenters. The van der Waals surface area contributed by atoms with Crippen LogP contribution in [0.3, 0.4) is 0 Å². The SMILES string of the molecule is CC/C=C\C/C=C\C/C=C\C/C=C\C/C=C\C/C=C\C/C=C\C/C=C\CCCCCCCCCCCCCCC(=O)OC(COC(=O)CCCCCCCCCCC/C=C\C/C=C\C/C=C\C/C=C\C/C=C\CC)COP(=O)([O-])OCC[N+](C)(C)C. The fourth-order valence-electron chi connectivity index (χ4n) is 8.88. The molecule has 86 heavy (non-hydrogen) atoms. The lowest BCUT2D eigenvalue weighted by molar-refractivity contribution is -0.870. The van der Waals surface area contributed by atoms with E-state index in [1.54, 1.807) is 0 Å². The monoisotopic (exact) mass is 1210 g/mol. The van der Waals surface area contributed by atoms with Crippen molar-refractivity contribution in [3.8, 4) is 0 Å². The zero-order valence-corrected chi connectivity index (χ0v) is 56.3. The Bertz CT molecular complexity index is 2010. The normalized spacial score (nSPS) is 14.2. The van der Waals surface area contributed by atoms with Crippen LogP contribution < -0.4 is 4.89 Å². The number of esters is 2. The van der Waals surface area contributed by atoms with Crippen LogP contribution in [0.2, 0.25) is 0 Å². The van der Waals surface area contributed by atoms with Gasteiger partial charge in [0, 0.05) is 12.8 Å². The molecule has 0 aromatic heterocycles. The second-order valence-corrected chi connectivity index (χ2v) is 24.8. The van der Waals surface area contributed by atoms with Gasteiger partial charge in [-0.2, -0.15) is 0 Å². The minimum atomic E-state index is -4.65. The molecule has 0 N–H and O–H groups in total. The number of phosphoric ester groups is 1.